The fraction of sp³-hybridized carbons (Fsp3) is 0.571. The number of halogens is 1. The summed E-state index contributed by atoms with van der Waals surface area (Å²) in [6.45, 7) is 6.70. The van der Waals surface area contributed by atoms with Crippen LogP contribution in [0.15, 0.2) is 16.7 Å². The molecule has 2 heterocycles. The van der Waals surface area contributed by atoms with E-state index in [4.69, 9.17) is 0 Å². The van der Waals surface area contributed by atoms with E-state index >= 15 is 0 Å². The lowest BCUT2D eigenvalue weighted by atomic mass is 10.2. The topological polar surface area (TPSA) is 45.2 Å². The van der Waals surface area contributed by atoms with Gasteiger partial charge in [0.1, 0.15) is 5.82 Å². The van der Waals surface area contributed by atoms with E-state index in [1.54, 1.807) is 6.20 Å². The SMILES string of the molecule is CCCNc1ncc(Br)cc1C(=O)N1CCSC(C)C1. The second kappa shape index (κ2) is 7.31. The number of pyridine rings is 1. The third kappa shape index (κ3) is 3.88. The third-order valence-corrected chi connectivity index (χ3v) is 4.73. The van der Waals surface area contributed by atoms with Crippen LogP contribution < -0.4 is 5.32 Å². The minimum absolute atomic E-state index is 0.0737. The molecule has 1 N–H and O–H groups in total. The first-order valence-electron chi connectivity index (χ1n) is 6.92. The molecule has 1 aliphatic rings. The van der Waals surface area contributed by atoms with Gasteiger partial charge in [-0.2, -0.15) is 11.8 Å². The van der Waals surface area contributed by atoms with Gasteiger partial charge in [0.2, 0.25) is 0 Å². The molecule has 20 heavy (non-hydrogen) atoms. The van der Waals surface area contributed by atoms with E-state index in [2.05, 4.69) is 40.1 Å². The highest BCUT2D eigenvalue weighted by atomic mass is 79.9. The maximum absolute atomic E-state index is 12.7. The molecule has 1 aromatic heterocycles. The van der Waals surface area contributed by atoms with E-state index in [9.17, 15) is 4.79 Å². The Morgan fingerprint density at radius 2 is 2.45 bits per heavy atom. The normalized spacial score (nSPS) is 18.9. The van der Waals surface area contributed by atoms with Crippen LogP contribution in [0, 0.1) is 0 Å². The second-order valence-corrected chi connectivity index (χ2v) is 7.37. The van der Waals surface area contributed by atoms with Crippen molar-refractivity contribution in [2.75, 3.05) is 30.7 Å². The zero-order valence-electron chi connectivity index (χ0n) is 11.9. The van der Waals surface area contributed by atoms with Crippen molar-refractivity contribution in [2.45, 2.75) is 25.5 Å². The van der Waals surface area contributed by atoms with Gasteiger partial charge >= 0.3 is 0 Å². The average molecular weight is 358 g/mol. The largest absolute Gasteiger partial charge is 0.369 e. The van der Waals surface area contributed by atoms with Crippen molar-refractivity contribution in [2.24, 2.45) is 0 Å². The number of nitrogens with one attached hydrogen (secondary N) is 1. The Balaban J connectivity index is 2.20. The number of thioether (sulfide) groups is 1. The molecule has 1 unspecified atom stereocenters. The number of carbonyl (C=O) groups excluding carboxylic acids is 1. The minimum Gasteiger partial charge on any atom is -0.369 e. The Morgan fingerprint density at radius 3 is 3.15 bits per heavy atom. The lowest BCUT2D eigenvalue weighted by Crippen LogP contribution is -2.41. The Hall–Kier alpha value is -0.750. The van der Waals surface area contributed by atoms with Crippen LogP contribution in [-0.2, 0) is 0 Å². The molecule has 0 saturated carbocycles. The maximum atomic E-state index is 12.7. The van der Waals surface area contributed by atoms with Gasteiger partial charge in [-0.05, 0) is 28.4 Å². The van der Waals surface area contributed by atoms with E-state index in [0.717, 1.165) is 36.3 Å². The summed E-state index contributed by atoms with van der Waals surface area (Å²) in [5.74, 6) is 1.77. The van der Waals surface area contributed by atoms with Gasteiger partial charge in [0.25, 0.3) is 5.91 Å². The number of nitrogens with zero attached hydrogens (tertiary/aromatic N) is 2. The van der Waals surface area contributed by atoms with Crippen LogP contribution in [0.5, 0.6) is 0 Å². The molecule has 1 saturated heterocycles. The molecule has 0 spiro atoms. The van der Waals surface area contributed by atoms with Gasteiger partial charge in [-0.3, -0.25) is 4.79 Å². The van der Waals surface area contributed by atoms with Gasteiger partial charge in [-0.25, -0.2) is 4.98 Å². The Bertz CT molecular complexity index is 483. The Kier molecular flexibility index (Phi) is 5.72. The highest BCUT2D eigenvalue weighted by Gasteiger charge is 2.24. The summed E-state index contributed by atoms with van der Waals surface area (Å²) < 4.78 is 0.835. The van der Waals surface area contributed by atoms with Crippen molar-refractivity contribution in [3.05, 3.63) is 22.3 Å². The second-order valence-electron chi connectivity index (χ2n) is 4.91. The van der Waals surface area contributed by atoms with Crippen LogP contribution in [-0.4, -0.2) is 46.4 Å². The molecule has 0 aromatic carbocycles. The monoisotopic (exact) mass is 357 g/mol. The summed E-state index contributed by atoms with van der Waals surface area (Å²) in [7, 11) is 0. The van der Waals surface area contributed by atoms with Gasteiger partial charge in [-0.1, -0.05) is 13.8 Å². The predicted octanol–water partition coefficient (Wildman–Crippen LogP) is 3.24. The molecule has 1 atom stereocenters. The first-order chi connectivity index (χ1) is 9.61. The number of carbonyl (C=O) groups is 1. The molecule has 0 bridgehead atoms. The van der Waals surface area contributed by atoms with Crippen LogP contribution >= 0.6 is 27.7 Å². The molecule has 6 heteroatoms. The molecule has 2 rings (SSSR count). The molecular formula is C14H20BrN3OS. The van der Waals surface area contributed by atoms with E-state index in [-0.39, 0.29) is 5.91 Å². The third-order valence-electron chi connectivity index (χ3n) is 3.16. The van der Waals surface area contributed by atoms with Crippen LogP contribution in [0.25, 0.3) is 0 Å². The first-order valence-corrected chi connectivity index (χ1v) is 8.76. The van der Waals surface area contributed by atoms with E-state index in [0.29, 0.717) is 16.6 Å². The fourth-order valence-electron chi connectivity index (χ4n) is 2.16. The number of anilines is 1. The number of aromatic nitrogens is 1. The lowest BCUT2D eigenvalue weighted by Gasteiger charge is -2.31. The van der Waals surface area contributed by atoms with Crippen LogP contribution in [0.4, 0.5) is 5.82 Å². The molecule has 1 amide bonds. The summed E-state index contributed by atoms with van der Waals surface area (Å²) >= 11 is 5.32. The number of amides is 1. The van der Waals surface area contributed by atoms with Crippen molar-refractivity contribution < 1.29 is 4.79 Å². The average Bonchev–Trinajstić information content (AvgIpc) is 2.45. The van der Waals surface area contributed by atoms with Gasteiger partial charge in [0.05, 0.1) is 5.56 Å². The lowest BCUT2D eigenvalue weighted by molar-refractivity contribution is 0.0763. The number of hydrogen-bond acceptors (Lipinski definition) is 4. The summed E-state index contributed by atoms with van der Waals surface area (Å²) in [5.41, 5.74) is 0.659. The fourth-order valence-corrected chi connectivity index (χ4v) is 3.50. The number of hydrogen-bond donors (Lipinski definition) is 1. The van der Waals surface area contributed by atoms with E-state index < -0.39 is 0 Å². The minimum atomic E-state index is 0.0737. The highest BCUT2D eigenvalue weighted by Crippen LogP contribution is 2.23. The van der Waals surface area contributed by atoms with Crippen molar-refractivity contribution in [1.29, 1.82) is 0 Å². The first kappa shape index (κ1) is 15.6. The highest BCUT2D eigenvalue weighted by molar-refractivity contribution is 9.10. The van der Waals surface area contributed by atoms with Gasteiger partial charge in [0, 0.05) is 41.3 Å². The van der Waals surface area contributed by atoms with Crippen LogP contribution in [0.1, 0.15) is 30.6 Å². The summed E-state index contributed by atoms with van der Waals surface area (Å²) in [4.78, 5) is 19.0. The molecule has 0 radical (unpaired) electrons. The smallest absolute Gasteiger partial charge is 0.257 e. The molecule has 110 valence electrons. The van der Waals surface area contributed by atoms with Crippen molar-refractivity contribution >= 4 is 39.4 Å². The predicted molar refractivity (Wildman–Crippen MR) is 88.5 cm³/mol. The Morgan fingerprint density at radius 1 is 1.65 bits per heavy atom. The quantitative estimate of drug-likeness (QED) is 0.898. The zero-order valence-corrected chi connectivity index (χ0v) is 14.3. The van der Waals surface area contributed by atoms with Crippen molar-refractivity contribution in [3.63, 3.8) is 0 Å². The molecule has 1 aliphatic heterocycles. The summed E-state index contributed by atoms with van der Waals surface area (Å²) in [6, 6.07) is 1.86. The molecule has 0 aliphatic carbocycles. The number of rotatable bonds is 4. The Labute approximate surface area is 132 Å². The van der Waals surface area contributed by atoms with Crippen molar-refractivity contribution in [1.82, 2.24) is 9.88 Å². The standard InChI is InChI=1S/C14H20BrN3OS/c1-3-4-16-13-12(7-11(15)8-17-13)14(19)18-5-6-20-10(2)9-18/h7-8,10H,3-6,9H2,1-2H3,(H,16,17). The van der Waals surface area contributed by atoms with Crippen LogP contribution in [0.2, 0.25) is 0 Å². The van der Waals surface area contributed by atoms with Crippen LogP contribution in [0.3, 0.4) is 0 Å². The molecule has 4 nitrogen and oxygen atoms in total. The summed E-state index contributed by atoms with van der Waals surface area (Å²) in [5, 5.41) is 3.74. The molecular weight excluding hydrogens is 338 g/mol. The maximum Gasteiger partial charge on any atom is 0.257 e. The van der Waals surface area contributed by atoms with Gasteiger partial charge in [-0.15, -0.1) is 0 Å². The van der Waals surface area contributed by atoms with Gasteiger partial charge < -0.3 is 10.2 Å². The molecule has 1 fully saturated rings. The summed E-state index contributed by atoms with van der Waals surface area (Å²) in [6.07, 6.45) is 2.73. The molecule has 1 aromatic rings. The van der Waals surface area contributed by atoms with Gasteiger partial charge in [0.15, 0.2) is 0 Å². The zero-order chi connectivity index (χ0) is 14.5. The van der Waals surface area contributed by atoms with E-state index in [1.165, 1.54) is 0 Å². The van der Waals surface area contributed by atoms with E-state index in [1.807, 2.05) is 22.7 Å². The van der Waals surface area contributed by atoms with Crippen molar-refractivity contribution in [3.8, 4) is 0 Å².